The van der Waals surface area contributed by atoms with Crippen molar-refractivity contribution in [2.24, 2.45) is 0 Å². The van der Waals surface area contributed by atoms with Crippen molar-refractivity contribution in [2.45, 2.75) is 45.7 Å². The minimum Gasteiger partial charge on any atom is -0.343 e. The summed E-state index contributed by atoms with van der Waals surface area (Å²) in [7, 11) is 0. The third kappa shape index (κ3) is 3.99. The SMILES string of the molecule is CC[C@@H](NC(=O)c1cc(Cn2ccnc2C(C)C)[nH]n1)c1cccs1. The van der Waals surface area contributed by atoms with E-state index in [1.54, 1.807) is 23.6 Å². The molecule has 0 aliphatic carbocycles. The van der Waals surface area contributed by atoms with Crippen LogP contribution in [0.5, 0.6) is 0 Å². The predicted molar refractivity (Wildman–Crippen MR) is 98.8 cm³/mol. The quantitative estimate of drug-likeness (QED) is 0.677. The van der Waals surface area contributed by atoms with Crippen molar-refractivity contribution in [1.82, 2.24) is 25.1 Å². The maximum Gasteiger partial charge on any atom is 0.272 e. The molecule has 0 aliphatic heterocycles. The molecule has 1 atom stereocenters. The van der Waals surface area contributed by atoms with Crippen molar-refractivity contribution in [3.05, 3.63) is 58.1 Å². The molecule has 25 heavy (non-hydrogen) atoms. The molecule has 0 unspecified atom stereocenters. The molecule has 0 saturated heterocycles. The Labute approximate surface area is 151 Å². The van der Waals surface area contributed by atoms with Crippen LogP contribution in [0, 0.1) is 0 Å². The third-order valence-electron chi connectivity index (χ3n) is 4.07. The van der Waals surface area contributed by atoms with E-state index in [0.29, 0.717) is 18.2 Å². The lowest BCUT2D eigenvalue weighted by molar-refractivity contribution is 0.0931. The molecule has 3 heterocycles. The maximum absolute atomic E-state index is 12.5. The molecule has 132 valence electrons. The van der Waals surface area contributed by atoms with E-state index in [-0.39, 0.29) is 11.9 Å². The van der Waals surface area contributed by atoms with Crippen molar-refractivity contribution < 1.29 is 4.79 Å². The molecule has 3 aromatic rings. The molecule has 3 aromatic heterocycles. The Morgan fingerprint density at radius 3 is 2.96 bits per heavy atom. The monoisotopic (exact) mass is 357 g/mol. The molecule has 0 spiro atoms. The summed E-state index contributed by atoms with van der Waals surface area (Å²) in [6.45, 7) is 6.91. The Hall–Kier alpha value is -2.41. The first-order chi connectivity index (χ1) is 12.1. The number of carbonyl (C=O) groups is 1. The fourth-order valence-electron chi connectivity index (χ4n) is 2.79. The van der Waals surface area contributed by atoms with E-state index >= 15 is 0 Å². The highest BCUT2D eigenvalue weighted by Gasteiger charge is 2.17. The molecule has 0 saturated carbocycles. The van der Waals surface area contributed by atoms with E-state index in [2.05, 4.69) is 45.8 Å². The van der Waals surface area contributed by atoms with E-state index in [4.69, 9.17) is 0 Å². The largest absolute Gasteiger partial charge is 0.343 e. The summed E-state index contributed by atoms with van der Waals surface area (Å²) in [4.78, 5) is 18.0. The number of thiophene rings is 1. The van der Waals surface area contributed by atoms with Crippen molar-refractivity contribution in [1.29, 1.82) is 0 Å². The number of carbonyl (C=O) groups excluding carboxylic acids is 1. The van der Waals surface area contributed by atoms with Gasteiger partial charge in [-0.3, -0.25) is 9.89 Å². The second kappa shape index (κ2) is 7.65. The van der Waals surface area contributed by atoms with Gasteiger partial charge >= 0.3 is 0 Å². The van der Waals surface area contributed by atoms with E-state index < -0.39 is 0 Å². The smallest absolute Gasteiger partial charge is 0.272 e. The second-order valence-electron chi connectivity index (χ2n) is 6.30. The van der Waals surface area contributed by atoms with Gasteiger partial charge in [-0.1, -0.05) is 26.8 Å². The summed E-state index contributed by atoms with van der Waals surface area (Å²) in [6, 6.07) is 5.87. The van der Waals surface area contributed by atoms with Gasteiger partial charge in [0.15, 0.2) is 0 Å². The lowest BCUT2D eigenvalue weighted by Gasteiger charge is -2.14. The number of hydrogen-bond acceptors (Lipinski definition) is 4. The average molecular weight is 357 g/mol. The Morgan fingerprint density at radius 1 is 1.44 bits per heavy atom. The molecule has 7 heteroatoms. The minimum absolute atomic E-state index is 0.0221. The van der Waals surface area contributed by atoms with E-state index in [0.717, 1.165) is 22.8 Å². The first-order valence-electron chi connectivity index (χ1n) is 8.48. The normalized spacial score (nSPS) is 12.5. The molecule has 6 nitrogen and oxygen atoms in total. The number of nitrogens with one attached hydrogen (secondary N) is 2. The van der Waals surface area contributed by atoms with Gasteiger partial charge in [0, 0.05) is 23.2 Å². The number of rotatable bonds is 7. The topological polar surface area (TPSA) is 75.6 Å². The van der Waals surface area contributed by atoms with E-state index in [1.165, 1.54) is 0 Å². The molecular weight excluding hydrogens is 334 g/mol. The van der Waals surface area contributed by atoms with Crippen LogP contribution in [0.3, 0.4) is 0 Å². The molecule has 0 aromatic carbocycles. The molecule has 0 aliphatic rings. The molecule has 0 bridgehead atoms. The van der Waals surface area contributed by atoms with E-state index in [9.17, 15) is 4.79 Å². The van der Waals surface area contributed by atoms with Crippen molar-refractivity contribution in [3.8, 4) is 0 Å². The highest BCUT2D eigenvalue weighted by atomic mass is 32.1. The molecular formula is C18H23N5OS. The van der Waals surface area contributed by atoms with Gasteiger partial charge in [-0.25, -0.2) is 4.98 Å². The Morgan fingerprint density at radius 2 is 2.28 bits per heavy atom. The zero-order valence-corrected chi connectivity index (χ0v) is 15.5. The van der Waals surface area contributed by atoms with Gasteiger partial charge < -0.3 is 9.88 Å². The van der Waals surface area contributed by atoms with Crippen molar-refractivity contribution in [3.63, 3.8) is 0 Å². The lowest BCUT2D eigenvalue weighted by Crippen LogP contribution is -2.27. The van der Waals surface area contributed by atoms with Gasteiger partial charge in [-0.2, -0.15) is 5.10 Å². The summed E-state index contributed by atoms with van der Waals surface area (Å²) in [5.74, 6) is 1.21. The van der Waals surface area contributed by atoms with Crippen LogP contribution in [0.4, 0.5) is 0 Å². The third-order valence-corrected chi connectivity index (χ3v) is 5.05. The summed E-state index contributed by atoms with van der Waals surface area (Å²) < 4.78 is 2.07. The van der Waals surface area contributed by atoms with Gasteiger partial charge in [0.25, 0.3) is 5.91 Å². The number of aromatic nitrogens is 4. The Bertz CT molecular complexity index is 818. The van der Waals surface area contributed by atoms with Crippen LogP contribution >= 0.6 is 11.3 Å². The summed E-state index contributed by atoms with van der Waals surface area (Å²) in [6.07, 6.45) is 4.59. The van der Waals surface area contributed by atoms with Gasteiger partial charge in [-0.15, -0.1) is 11.3 Å². The maximum atomic E-state index is 12.5. The van der Waals surface area contributed by atoms with Gasteiger partial charge in [-0.05, 0) is 23.9 Å². The first-order valence-corrected chi connectivity index (χ1v) is 9.36. The Balaban J connectivity index is 1.68. The van der Waals surface area contributed by atoms with Gasteiger partial charge in [0.05, 0.1) is 18.3 Å². The standard InChI is InChI=1S/C18H23N5OS/c1-4-14(16-6-5-9-25-16)20-18(24)15-10-13(21-22-15)11-23-8-7-19-17(23)12(2)3/h5-10,12,14H,4,11H2,1-3H3,(H,20,24)(H,21,22)/t14-/m1/s1. The van der Waals surface area contributed by atoms with E-state index in [1.807, 2.05) is 23.7 Å². The summed E-state index contributed by atoms with van der Waals surface area (Å²) in [5, 5.41) is 12.2. The van der Waals surface area contributed by atoms with Crippen molar-refractivity contribution >= 4 is 17.2 Å². The summed E-state index contributed by atoms with van der Waals surface area (Å²) in [5.41, 5.74) is 1.30. The fraction of sp³-hybridized carbons (Fsp3) is 0.389. The van der Waals surface area contributed by atoms with Crippen LogP contribution in [0.15, 0.2) is 36.0 Å². The Kier molecular flexibility index (Phi) is 5.33. The molecule has 0 fully saturated rings. The molecule has 2 N–H and O–H groups in total. The van der Waals surface area contributed by atoms with Gasteiger partial charge in [0.1, 0.15) is 11.5 Å². The fourth-order valence-corrected chi connectivity index (χ4v) is 3.65. The molecule has 3 rings (SSSR count). The highest BCUT2D eigenvalue weighted by Crippen LogP contribution is 2.22. The lowest BCUT2D eigenvalue weighted by atomic mass is 10.2. The molecule has 1 amide bonds. The number of H-pyrrole nitrogens is 1. The highest BCUT2D eigenvalue weighted by molar-refractivity contribution is 7.10. The zero-order chi connectivity index (χ0) is 17.8. The van der Waals surface area contributed by atoms with Crippen LogP contribution in [0.1, 0.15) is 66.0 Å². The zero-order valence-electron chi connectivity index (χ0n) is 14.7. The van der Waals surface area contributed by atoms with Crippen LogP contribution in [0.2, 0.25) is 0 Å². The van der Waals surface area contributed by atoms with Crippen molar-refractivity contribution in [2.75, 3.05) is 0 Å². The minimum atomic E-state index is -0.155. The van der Waals surface area contributed by atoms with Crippen LogP contribution in [0.25, 0.3) is 0 Å². The predicted octanol–water partition coefficient (Wildman–Crippen LogP) is 3.72. The number of imidazole rings is 1. The summed E-state index contributed by atoms with van der Waals surface area (Å²) >= 11 is 1.65. The van der Waals surface area contributed by atoms with Crippen LogP contribution in [-0.4, -0.2) is 25.7 Å². The number of aromatic amines is 1. The molecule has 0 radical (unpaired) electrons. The van der Waals surface area contributed by atoms with Crippen LogP contribution < -0.4 is 5.32 Å². The average Bonchev–Trinajstić information content (AvgIpc) is 3.33. The van der Waals surface area contributed by atoms with Gasteiger partial charge in [0.2, 0.25) is 0 Å². The van der Waals surface area contributed by atoms with Crippen LogP contribution in [-0.2, 0) is 6.54 Å². The second-order valence-corrected chi connectivity index (χ2v) is 7.28. The number of nitrogens with zero attached hydrogens (tertiary/aromatic N) is 3. The number of hydrogen-bond donors (Lipinski definition) is 2. The first kappa shape index (κ1) is 17.4. The number of amides is 1.